The van der Waals surface area contributed by atoms with E-state index in [1.807, 2.05) is 60.8 Å². The second kappa shape index (κ2) is 38.5. The Morgan fingerprint density at radius 2 is 0.800 bits per heavy atom. The fourth-order valence-corrected chi connectivity index (χ4v) is 17.3. The number of quaternary nitrogens is 1. The van der Waals surface area contributed by atoms with E-state index in [0.29, 0.717) is 12.8 Å². The van der Waals surface area contributed by atoms with Crippen LogP contribution < -0.4 is 4.90 Å². The highest BCUT2D eigenvalue weighted by Crippen LogP contribution is 2.45. The first kappa shape index (κ1) is 95.1. The SMILES string of the molecule is CC[C@H]1OC(=O)[C@H](C)[C@@H](OC2CC(C)(OC)C(O)C(C)O2)[C@H](C)[C@@H](OC2OC(C)CC(N(C)C)C2O)[C@](C)(OC)C[C@@H](C)C(=O)[C@H](C)[C@@H](O)[C@]1(C)O.CC[C@H]1OC(=O)[C@H](C)[C@@H](OC2CC(C)(OC)C(O)C(C)O2)[C@H](C)[C@@H](OC2OC(C)CC([NH+](C)C)C2O)[C@](C)(OC)C[C@@H](C)C(=O)[C@H](C)[C@@H](O)[C@]1(C)O.[SH-]. The van der Waals surface area contributed by atoms with Crippen molar-refractivity contribution >= 4 is 37.0 Å². The third-order valence-electron chi connectivity index (χ3n) is 24.6. The Kier molecular flexibility index (Phi) is 34.9. The Bertz CT molecular complexity index is 2560. The summed E-state index contributed by atoms with van der Waals surface area (Å²) in [5.74, 6) is -8.91. The van der Waals surface area contributed by atoms with Crippen molar-refractivity contribution in [1.29, 1.82) is 0 Å². The topological polar surface area (TPSA) is 367 Å². The molecule has 6 aliphatic rings. The van der Waals surface area contributed by atoms with E-state index >= 15 is 0 Å². The van der Waals surface area contributed by atoms with Gasteiger partial charge in [-0.15, -0.1) is 0 Å². The molecule has 28 nitrogen and oxygen atoms in total. The molecule has 0 bridgehead atoms. The van der Waals surface area contributed by atoms with Crippen molar-refractivity contribution in [1.82, 2.24) is 4.90 Å². The zero-order valence-corrected chi connectivity index (χ0v) is 69.2. The van der Waals surface area contributed by atoms with Gasteiger partial charge in [-0.3, -0.25) is 19.2 Å². The minimum atomic E-state index is -1.96. The van der Waals surface area contributed by atoms with Crippen LogP contribution in [0.4, 0.5) is 0 Å². The van der Waals surface area contributed by atoms with E-state index in [9.17, 15) is 60.0 Å². The zero-order valence-electron chi connectivity index (χ0n) is 68.3. The van der Waals surface area contributed by atoms with Gasteiger partial charge in [0.1, 0.15) is 59.3 Å². The van der Waals surface area contributed by atoms with Gasteiger partial charge >= 0.3 is 11.9 Å². The first-order valence-electron chi connectivity index (χ1n) is 37.9. The molecule has 0 amide bonds. The highest BCUT2D eigenvalue weighted by atomic mass is 32.1. The van der Waals surface area contributed by atoms with Gasteiger partial charge in [-0.2, -0.15) is 0 Å². The maximum atomic E-state index is 14.2. The van der Waals surface area contributed by atoms with E-state index in [1.54, 1.807) is 96.9 Å². The number of aliphatic hydroxyl groups excluding tert-OH is 6. The van der Waals surface area contributed by atoms with Gasteiger partial charge in [0.25, 0.3) is 0 Å². The van der Waals surface area contributed by atoms with E-state index in [-0.39, 0.29) is 87.9 Å². The molecule has 6 fully saturated rings. The number of nitrogens with zero attached hydrogens (tertiary/aromatic N) is 1. The second-order valence-electron chi connectivity index (χ2n) is 33.4. The Morgan fingerprint density at radius 1 is 0.467 bits per heavy atom. The number of ether oxygens (including phenoxy) is 14. The molecule has 36 atom stereocenters. The van der Waals surface area contributed by atoms with Gasteiger partial charge in [0.05, 0.1) is 109 Å². The van der Waals surface area contributed by atoms with Gasteiger partial charge < -0.3 is 130 Å². The summed E-state index contributed by atoms with van der Waals surface area (Å²) < 4.78 is 87.8. The van der Waals surface area contributed by atoms with Crippen LogP contribution in [-0.4, -0.2) is 294 Å². The molecule has 16 unspecified atom stereocenters. The van der Waals surface area contributed by atoms with Crippen LogP contribution in [0.25, 0.3) is 0 Å². The fourth-order valence-electron chi connectivity index (χ4n) is 17.3. The van der Waals surface area contributed by atoms with Crippen LogP contribution in [0.15, 0.2) is 0 Å². The summed E-state index contributed by atoms with van der Waals surface area (Å²) in [5.41, 5.74) is -8.48. The molecule has 29 heteroatoms. The molecule has 6 rings (SSSR count). The molecule has 9 N–H and O–H groups in total. The molecule has 0 aliphatic carbocycles. The number of cyclic esters (lactones) is 2. The average Bonchev–Trinajstić information content (AvgIpc) is 0.928. The summed E-state index contributed by atoms with van der Waals surface area (Å²) >= 11 is 0. The molecular weight excluding hydrogens is 1390 g/mol. The van der Waals surface area contributed by atoms with E-state index in [0.717, 1.165) is 4.90 Å². The quantitative estimate of drug-likeness (QED) is 0.0608. The van der Waals surface area contributed by atoms with Crippen molar-refractivity contribution in [2.24, 2.45) is 47.3 Å². The molecule has 6 heterocycles. The molecule has 0 aromatic rings. The van der Waals surface area contributed by atoms with Crippen molar-refractivity contribution < 1.29 is 131 Å². The molecule has 6 aliphatic heterocycles. The predicted molar refractivity (Wildman–Crippen MR) is 390 cm³/mol. The lowest BCUT2D eigenvalue weighted by Gasteiger charge is -2.50. The van der Waals surface area contributed by atoms with Crippen LogP contribution in [0.2, 0.25) is 0 Å². The van der Waals surface area contributed by atoms with Crippen LogP contribution in [-0.2, 0) is 99.0 Å². The normalized spacial score (nSPS) is 48.6. The van der Waals surface area contributed by atoms with Gasteiger partial charge in [0, 0.05) is 89.3 Å². The first-order valence-corrected chi connectivity index (χ1v) is 37.9. The maximum Gasteiger partial charge on any atom is 0.311 e. The summed E-state index contributed by atoms with van der Waals surface area (Å²) in [6.07, 6.45) is -17.3. The predicted octanol–water partition coefficient (Wildman–Crippen LogP) is 3.19. The van der Waals surface area contributed by atoms with Crippen molar-refractivity contribution in [2.45, 2.75) is 358 Å². The summed E-state index contributed by atoms with van der Waals surface area (Å²) in [4.78, 5) is 59.3. The minimum Gasteiger partial charge on any atom is -0.813 e. The summed E-state index contributed by atoms with van der Waals surface area (Å²) in [6, 6.07) is -0.483. The second-order valence-corrected chi connectivity index (χ2v) is 33.4. The van der Waals surface area contributed by atoms with Crippen LogP contribution in [0.1, 0.15) is 190 Å². The number of hydrogen-bond donors (Lipinski definition) is 9. The smallest absolute Gasteiger partial charge is 0.311 e. The third kappa shape index (κ3) is 21.4. The molecule has 616 valence electrons. The highest BCUT2D eigenvalue weighted by molar-refractivity contribution is 7.37. The molecule has 0 aromatic heterocycles. The number of ketones is 2. The van der Waals surface area contributed by atoms with Crippen LogP contribution in [0.3, 0.4) is 0 Å². The average molecular weight is 1530 g/mol. The monoisotopic (exact) mass is 1530 g/mol. The van der Waals surface area contributed by atoms with Crippen molar-refractivity contribution in [3.05, 3.63) is 0 Å². The van der Waals surface area contributed by atoms with Gasteiger partial charge in [-0.05, 0) is 129 Å². The lowest BCUT2D eigenvalue weighted by atomic mass is 9.73. The number of rotatable bonds is 16. The summed E-state index contributed by atoms with van der Waals surface area (Å²) in [7, 11) is 13.7. The van der Waals surface area contributed by atoms with Crippen molar-refractivity contribution in [2.75, 3.05) is 56.6 Å². The molecule has 105 heavy (non-hydrogen) atoms. The van der Waals surface area contributed by atoms with Crippen molar-refractivity contribution in [3.8, 4) is 0 Å². The van der Waals surface area contributed by atoms with Crippen LogP contribution in [0.5, 0.6) is 0 Å². The van der Waals surface area contributed by atoms with E-state index in [4.69, 9.17) is 66.3 Å². The van der Waals surface area contributed by atoms with Gasteiger partial charge in [-0.1, -0.05) is 55.4 Å². The standard InChI is InChI=1S/2C38H69NO13.H2S/c2*1-15-26-38(10,45)31(42)21(4)28(40)19(2)17-37(9,47-14)33(52-35-29(41)25(39(11)12)16-20(3)48-35)22(5)30(23(6)34(44)50-26)51-27-18-36(8,46-13)32(43)24(7)49-27;/h2*19-27,29-33,35,41-43,45H,15-18H2,1-14H3;1H2/t2*19-,20?,21+,22+,23-,24?,25?,26-,27?,29?,30+,31-,32?,33-,35?,36?,37-,38-;/m11./s1. The Labute approximate surface area is 632 Å². The van der Waals surface area contributed by atoms with Crippen LogP contribution in [0, 0.1) is 47.3 Å². The largest absolute Gasteiger partial charge is 0.813 e. The first-order chi connectivity index (χ1) is 48.0. The number of nitrogens with one attached hydrogen (secondary N) is 1. The van der Waals surface area contributed by atoms with Gasteiger partial charge in [0.15, 0.2) is 31.3 Å². The number of carbonyl (C=O) groups excluding carboxylic acids is 4. The zero-order chi connectivity index (χ0) is 79.3. The van der Waals surface area contributed by atoms with Crippen molar-refractivity contribution in [3.63, 3.8) is 0 Å². The lowest BCUT2D eigenvalue weighted by molar-refractivity contribution is -0.893. The number of esters is 2. The lowest BCUT2D eigenvalue weighted by Crippen LogP contribution is -3.12. The number of thiol groups is 1. The number of Topliss-reactive ketones (excluding diaryl/α,β-unsaturated/α-hetero) is 2. The fraction of sp³-hybridized carbons (Fsp3) is 0.947. The summed E-state index contributed by atoms with van der Waals surface area (Å²) in [5, 5.41) is 91.1. The summed E-state index contributed by atoms with van der Waals surface area (Å²) in [6.45, 7) is 34.1. The third-order valence-corrected chi connectivity index (χ3v) is 24.6. The molecule has 6 saturated heterocycles. The van der Waals surface area contributed by atoms with E-state index in [1.165, 1.54) is 42.3 Å². The maximum absolute atomic E-state index is 14.2. The van der Waals surface area contributed by atoms with Crippen LogP contribution >= 0.6 is 0 Å². The number of methoxy groups -OCH3 is 4. The van der Waals surface area contributed by atoms with Gasteiger partial charge in [0.2, 0.25) is 0 Å². The minimum absolute atomic E-state index is 0. The number of hydrogen-bond acceptors (Lipinski definition) is 28. The highest BCUT2D eigenvalue weighted by Gasteiger charge is 2.58. The van der Waals surface area contributed by atoms with E-state index in [2.05, 4.69) is 0 Å². The molecule has 0 saturated carbocycles. The number of aliphatic hydroxyl groups is 8. The number of likely N-dealkylation sites (N-methyl/N-ethyl adjacent to an activating group) is 2. The Hall–Kier alpha value is -2.25. The van der Waals surface area contributed by atoms with E-state index < -0.39 is 204 Å². The molecule has 0 spiro atoms. The molecule has 0 aromatic carbocycles. The Morgan fingerprint density at radius 3 is 1.11 bits per heavy atom. The Balaban J connectivity index is 0.000000440. The van der Waals surface area contributed by atoms with Gasteiger partial charge in [-0.25, -0.2) is 0 Å². The number of carbonyl (C=O) groups is 4. The molecular formula is C76H140N2O26S. The molecule has 0 radical (unpaired) electrons.